The normalized spacial score (nSPS) is 18.2. The molecule has 2 aromatic heterocycles. The van der Waals surface area contributed by atoms with Crippen molar-refractivity contribution < 1.29 is 9.59 Å². The first-order valence-corrected chi connectivity index (χ1v) is 14.3. The molecule has 38 heavy (non-hydrogen) atoms. The molecule has 9 heteroatoms. The second kappa shape index (κ2) is 10.4. The van der Waals surface area contributed by atoms with E-state index < -0.39 is 0 Å². The van der Waals surface area contributed by atoms with Gasteiger partial charge in [0.15, 0.2) is 5.65 Å². The van der Waals surface area contributed by atoms with Gasteiger partial charge in [0.25, 0.3) is 0 Å². The van der Waals surface area contributed by atoms with Crippen LogP contribution in [0.2, 0.25) is 0 Å². The molecule has 0 spiro atoms. The van der Waals surface area contributed by atoms with Crippen molar-refractivity contribution in [2.45, 2.75) is 50.9 Å². The van der Waals surface area contributed by atoms with Gasteiger partial charge in [-0.15, -0.1) is 10.2 Å². The first-order valence-electron chi connectivity index (χ1n) is 13.4. The summed E-state index contributed by atoms with van der Waals surface area (Å²) in [4.78, 5) is 34.5. The molecule has 6 rings (SSSR count). The Hall–Kier alpha value is -3.46. The van der Waals surface area contributed by atoms with Crippen LogP contribution in [0.25, 0.3) is 22.1 Å². The molecule has 1 unspecified atom stereocenters. The van der Waals surface area contributed by atoms with Crippen molar-refractivity contribution in [1.82, 2.24) is 29.5 Å². The van der Waals surface area contributed by atoms with Crippen molar-refractivity contribution in [2.24, 2.45) is 5.92 Å². The predicted molar refractivity (Wildman–Crippen MR) is 149 cm³/mol. The summed E-state index contributed by atoms with van der Waals surface area (Å²) < 4.78 is 2.18. The molecule has 0 bridgehead atoms. The average molecular weight is 529 g/mol. The molecule has 8 nitrogen and oxygen atoms in total. The summed E-state index contributed by atoms with van der Waals surface area (Å²) in [5.74, 6) is 0.742. The summed E-state index contributed by atoms with van der Waals surface area (Å²) in [5, 5.41) is 10.5. The monoisotopic (exact) mass is 528 g/mol. The van der Waals surface area contributed by atoms with E-state index >= 15 is 0 Å². The van der Waals surface area contributed by atoms with Gasteiger partial charge in [0, 0.05) is 43.5 Å². The van der Waals surface area contributed by atoms with Crippen LogP contribution in [0.15, 0.2) is 53.7 Å². The fourth-order valence-corrected chi connectivity index (χ4v) is 6.15. The predicted octanol–water partition coefficient (Wildman–Crippen LogP) is 4.29. The molecule has 196 valence electrons. The third-order valence-electron chi connectivity index (χ3n) is 7.83. The van der Waals surface area contributed by atoms with Gasteiger partial charge in [-0.05, 0) is 44.4 Å². The van der Waals surface area contributed by atoms with Gasteiger partial charge in [0.05, 0.1) is 11.3 Å². The lowest BCUT2D eigenvalue weighted by Crippen LogP contribution is -2.57. The number of hydrogen-bond acceptors (Lipinski definition) is 6. The summed E-state index contributed by atoms with van der Waals surface area (Å²) in [6.07, 6.45) is 3.16. The number of thioether (sulfide) groups is 1. The number of nitrogens with zero attached hydrogens (tertiary/aromatic N) is 6. The van der Waals surface area contributed by atoms with E-state index in [1.54, 1.807) is 0 Å². The number of carbonyl (C=O) groups excluding carboxylic acids is 2. The summed E-state index contributed by atoms with van der Waals surface area (Å²) >= 11 is 1.32. The van der Waals surface area contributed by atoms with Gasteiger partial charge < -0.3 is 14.4 Å². The van der Waals surface area contributed by atoms with Crippen LogP contribution in [-0.4, -0.2) is 72.8 Å². The number of fused-ring (bicyclic) bond motifs is 3. The Morgan fingerprint density at radius 2 is 1.87 bits per heavy atom. The van der Waals surface area contributed by atoms with Crippen LogP contribution in [0.1, 0.15) is 37.3 Å². The van der Waals surface area contributed by atoms with E-state index in [0.29, 0.717) is 31.3 Å². The molecular formula is C29H32N6O2S. The summed E-state index contributed by atoms with van der Waals surface area (Å²) in [6.45, 7) is 6.53. The largest absolute Gasteiger partial charge is 0.338 e. The third-order valence-corrected chi connectivity index (χ3v) is 8.65. The summed E-state index contributed by atoms with van der Waals surface area (Å²) in [6, 6.07) is 16.7. The molecule has 1 atom stereocenters. The molecule has 2 fully saturated rings. The van der Waals surface area contributed by atoms with E-state index in [-0.39, 0.29) is 29.5 Å². The van der Waals surface area contributed by atoms with E-state index in [0.717, 1.165) is 46.9 Å². The standard InChI is InChI=1S/C29H32N6O2S/c1-19-11-12-24-23(15-19)26-27(35(24)17-21-7-4-3-5-8-21)30-29(32-31-26)38-18-25(36)33-13-14-34(20(2)16-33)28(37)22-9-6-10-22/h3-5,7-8,11-12,15,20,22H,6,9-10,13-14,16-18H2,1-2H3. The van der Waals surface area contributed by atoms with Crippen molar-refractivity contribution in [1.29, 1.82) is 0 Å². The molecule has 4 aromatic rings. The average Bonchev–Trinajstić information content (AvgIpc) is 3.18. The third kappa shape index (κ3) is 4.75. The molecule has 0 radical (unpaired) electrons. The molecule has 0 N–H and O–H groups in total. The highest BCUT2D eigenvalue weighted by atomic mass is 32.2. The smallest absolute Gasteiger partial charge is 0.233 e. The summed E-state index contributed by atoms with van der Waals surface area (Å²) in [5.41, 5.74) is 4.95. The maximum atomic E-state index is 13.1. The lowest BCUT2D eigenvalue weighted by atomic mass is 9.84. The number of hydrogen-bond donors (Lipinski definition) is 0. The van der Waals surface area contributed by atoms with Crippen LogP contribution in [-0.2, 0) is 16.1 Å². The van der Waals surface area contributed by atoms with Gasteiger partial charge in [0.2, 0.25) is 17.0 Å². The van der Waals surface area contributed by atoms with Crippen LogP contribution in [0.3, 0.4) is 0 Å². The van der Waals surface area contributed by atoms with Crippen molar-refractivity contribution in [3.8, 4) is 0 Å². The molecule has 3 heterocycles. The minimum Gasteiger partial charge on any atom is -0.338 e. The van der Waals surface area contributed by atoms with Gasteiger partial charge >= 0.3 is 0 Å². The Bertz CT molecular complexity index is 1500. The van der Waals surface area contributed by atoms with Crippen LogP contribution < -0.4 is 0 Å². The molecule has 1 saturated carbocycles. The van der Waals surface area contributed by atoms with E-state index in [4.69, 9.17) is 4.98 Å². The van der Waals surface area contributed by atoms with Crippen LogP contribution in [0, 0.1) is 12.8 Å². The van der Waals surface area contributed by atoms with Crippen molar-refractivity contribution in [3.63, 3.8) is 0 Å². The lowest BCUT2D eigenvalue weighted by molar-refractivity contribution is -0.146. The number of aromatic nitrogens is 4. The zero-order chi connectivity index (χ0) is 26.2. The van der Waals surface area contributed by atoms with Gasteiger partial charge in [-0.25, -0.2) is 4.98 Å². The van der Waals surface area contributed by atoms with Crippen molar-refractivity contribution >= 4 is 45.6 Å². The highest BCUT2D eigenvalue weighted by molar-refractivity contribution is 7.99. The quantitative estimate of drug-likeness (QED) is 0.347. The zero-order valence-electron chi connectivity index (χ0n) is 21.8. The second-order valence-corrected chi connectivity index (χ2v) is 11.4. The molecule has 2 aliphatic rings. The van der Waals surface area contributed by atoms with Crippen LogP contribution >= 0.6 is 11.8 Å². The van der Waals surface area contributed by atoms with Crippen molar-refractivity contribution in [2.75, 3.05) is 25.4 Å². The van der Waals surface area contributed by atoms with Gasteiger partial charge in [-0.3, -0.25) is 9.59 Å². The lowest BCUT2D eigenvalue weighted by Gasteiger charge is -2.42. The molecule has 2 aromatic carbocycles. The van der Waals surface area contributed by atoms with E-state index in [2.05, 4.69) is 52.0 Å². The topological polar surface area (TPSA) is 84.2 Å². The number of piperazine rings is 1. The Morgan fingerprint density at radius 1 is 1.05 bits per heavy atom. The number of aryl methyl sites for hydroxylation is 1. The van der Waals surface area contributed by atoms with Crippen LogP contribution in [0.4, 0.5) is 0 Å². The molecule has 2 amide bonds. The maximum Gasteiger partial charge on any atom is 0.233 e. The highest BCUT2D eigenvalue weighted by Gasteiger charge is 2.35. The van der Waals surface area contributed by atoms with E-state index in [9.17, 15) is 9.59 Å². The van der Waals surface area contributed by atoms with Crippen molar-refractivity contribution in [3.05, 3.63) is 59.7 Å². The van der Waals surface area contributed by atoms with E-state index in [1.807, 2.05) is 34.9 Å². The Morgan fingerprint density at radius 3 is 2.61 bits per heavy atom. The zero-order valence-corrected chi connectivity index (χ0v) is 22.7. The number of amides is 2. The first kappa shape index (κ1) is 24.9. The number of rotatable bonds is 6. The molecular weight excluding hydrogens is 496 g/mol. The van der Waals surface area contributed by atoms with Gasteiger partial charge in [0.1, 0.15) is 5.52 Å². The second-order valence-electron chi connectivity index (χ2n) is 10.5. The van der Waals surface area contributed by atoms with E-state index in [1.165, 1.54) is 17.3 Å². The molecule has 1 aliphatic carbocycles. The molecule has 1 aliphatic heterocycles. The Balaban J connectivity index is 1.18. The highest BCUT2D eigenvalue weighted by Crippen LogP contribution is 2.31. The number of carbonyl (C=O) groups is 2. The summed E-state index contributed by atoms with van der Waals surface area (Å²) in [7, 11) is 0. The molecule has 1 saturated heterocycles. The van der Waals surface area contributed by atoms with Crippen LogP contribution in [0.5, 0.6) is 0 Å². The minimum absolute atomic E-state index is 0.0391. The van der Waals surface area contributed by atoms with Gasteiger partial charge in [-0.2, -0.15) is 0 Å². The maximum absolute atomic E-state index is 13.1. The fraction of sp³-hybridized carbons (Fsp3) is 0.414. The first-order chi connectivity index (χ1) is 18.5. The minimum atomic E-state index is 0.0391. The van der Waals surface area contributed by atoms with Gasteiger partial charge in [-0.1, -0.05) is 60.1 Å². The number of benzene rings is 2. The Labute approximate surface area is 226 Å². The SMILES string of the molecule is Cc1ccc2c(c1)c1nnc(SCC(=O)N3CCN(C(=O)C4CCC4)C(C)C3)nc1n2Cc1ccccc1. The fourth-order valence-electron chi connectivity index (χ4n) is 5.46. The Kier molecular flexibility index (Phi) is 6.78.